The molecule has 0 aliphatic heterocycles. The normalized spacial score (nSPS) is 30.9. The Labute approximate surface area is 101 Å². The fourth-order valence-corrected chi connectivity index (χ4v) is 2.74. The molecule has 0 heterocycles. The molecule has 0 spiro atoms. The Morgan fingerprint density at radius 2 is 1.82 bits per heavy atom. The number of hydrogen-bond donors (Lipinski definition) is 1. The molecule has 17 heavy (non-hydrogen) atoms. The summed E-state index contributed by atoms with van der Waals surface area (Å²) in [4.78, 5) is 1.36. The summed E-state index contributed by atoms with van der Waals surface area (Å²) in [6.07, 6.45) is -0.0552. The molecule has 2 nitrogen and oxygen atoms in total. The first kappa shape index (κ1) is 14.8. The zero-order valence-corrected chi connectivity index (χ0v) is 10.7. The quantitative estimate of drug-likeness (QED) is 0.833. The molecule has 0 amide bonds. The fourth-order valence-electron chi connectivity index (χ4n) is 2.74. The van der Waals surface area contributed by atoms with Crippen molar-refractivity contribution in [3.8, 4) is 0 Å². The third kappa shape index (κ3) is 4.84. The van der Waals surface area contributed by atoms with Crippen LogP contribution >= 0.6 is 0 Å². The molecule has 1 fully saturated rings. The molecule has 5 heteroatoms. The topological polar surface area (TPSA) is 29.3 Å². The molecule has 0 radical (unpaired) electrons. The summed E-state index contributed by atoms with van der Waals surface area (Å²) in [5.41, 5.74) is 5.68. The highest BCUT2D eigenvalue weighted by molar-refractivity contribution is 4.88. The Hall–Kier alpha value is -0.290. The van der Waals surface area contributed by atoms with Crippen molar-refractivity contribution in [1.29, 1.82) is 0 Å². The largest absolute Gasteiger partial charge is 0.401 e. The van der Waals surface area contributed by atoms with E-state index in [1.54, 1.807) is 0 Å². The second-order valence-corrected chi connectivity index (χ2v) is 5.67. The zero-order chi connectivity index (χ0) is 13.1. The number of nitrogens with zero attached hydrogens (tertiary/aromatic N) is 1. The van der Waals surface area contributed by atoms with Gasteiger partial charge in [0.2, 0.25) is 0 Å². The van der Waals surface area contributed by atoms with Gasteiger partial charge < -0.3 is 5.73 Å². The fraction of sp³-hybridized carbons (Fsp3) is 1.00. The lowest BCUT2D eigenvalue weighted by Crippen LogP contribution is -2.45. The van der Waals surface area contributed by atoms with Crippen LogP contribution in [0.1, 0.15) is 32.6 Å². The highest BCUT2D eigenvalue weighted by Gasteiger charge is 2.37. The van der Waals surface area contributed by atoms with Gasteiger partial charge in [0.05, 0.1) is 6.54 Å². The van der Waals surface area contributed by atoms with Crippen LogP contribution in [0.15, 0.2) is 0 Å². The lowest BCUT2D eigenvalue weighted by atomic mass is 9.70. The van der Waals surface area contributed by atoms with E-state index in [9.17, 15) is 13.2 Å². The zero-order valence-electron chi connectivity index (χ0n) is 10.7. The van der Waals surface area contributed by atoms with Crippen molar-refractivity contribution in [2.75, 3.05) is 26.7 Å². The van der Waals surface area contributed by atoms with Gasteiger partial charge in [-0.3, -0.25) is 4.90 Å². The van der Waals surface area contributed by atoms with Gasteiger partial charge in [0.1, 0.15) is 0 Å². The minimum absolute atomic E-state index is 0.105. The maximum Gasteiger partial charge on any atom is 0.401 e. The van der Waals surface area contributed by atoms with E-state index in [0.717, 1.165) is 25.7 Å². The molecular weight excluding hydrogens is 229 g/mol. The predicted octanol–water partition coefficient (Wildman–Crippen LogP) is 2.64. The highest BCUT2D eigenvalue weighted by Crippen LogP contribution is 2.38. The van der Waals surface area contributed by atoms with Crippen LogP contribution in [-0.4, -0.2) is 37.8 Å². The number of nitrogens with two attached hydrogens (primary N) is 1. The Bertz CT molecular complexity index is 232. The third-order valence-corrected chi connectivity index (χ3v) is 3.82. The first-order valence-electron chi connectivity index (χ1n) is 6.22. The van der Waals surface area contributed by atoms with Crippen LogP contribution in [-0.2, 0) is 0 Å². The van der Waals surface area contributed by atoms with E-state index in [1.807, 2.05) is 0 Å². The van der Waals surface area contributed by atoms with Crippen LogP contribution in [0.2, 0.25) is 0 Å². The Kier molecular flexibility index (Phi) is 4.84. The lowest BCUT2D eigenvalue weighted by molar-refractivity contribution is -0.146. The maximum atomic E-state index is 12.3. The van der Waals surface area contributed by atoms with Crippen molar-refractivity contribution >= 4 is 0 Å². The van der Waals surface area contributed by atoms with Gasteiger partial charge in [-0.05, 0) is 37.8 Å². The summed E-state index contributed by atoms with van der Waals surface area (Å²) in [5.74, 6) is 0.683. The van der Waals surface area contributed by atoms with Crippen LogP contribution in [0.5, 0.6) is 0 Å². The van der Waals surface area contributed by atoms with E-state index in [1.165, 1.54) is 11.9 Å². The number of hydrogen-bond acceptors (Lipinski definition) is 2. The lowest BCUT2D eigenvalue weighted by Gasteiger charge is -2.41. The molecule has 0 atom stereocenters. The molecule has 1 aliphatic carbocycles. The van der Waals surface area contributed by atoms with E-state index in [-0.39, 0.29) is 5.41 Å². The Morgan fingerprint density at radius 1 is 1.29 bits per heavy atom. The minimum Gasteiger partial charge on any atom is -0.330 e. The number of rotatable bonds is 4. The Balaban J connectivity index is 2.51. The second-order valence-electron chi connectivity index (χ2n) is 5.67. The standard InChI is InChI=1S/C12H23F3N2/c1-10-3-5-11(7-16,6-4-10)8-17(2)9-12(13,14)15/h10H,3-9,16H2,1-2H3. The van der Waals surface area contributed by atoms with Gasteiger partial charge >= 0.3 is 6.18 Å². The average molecular weight is 252 g/mol. The molecule has 102 valence electrons. The Morgan fingerprint density at radius 3 is 2.24 bits per heavy atom. The first-order valence-corrected chi connectivity index (χ1v) is 6.22. The van der Waals surface area contributed by atoms with Gasteiger partial charge in [-0.1, -0.05) is 19.8 Å². The van der Waals surface area contributed by atoms with Gasteiger partial charge in [0.15, 0.2) is 0 Å². The highest BCUT2D eigenvalue weighted by atomic mass is 19.4. The van der Waals surface area contributed by atoms with E-state index < -0.39 is 12.7 Å². The molecule has 0 unspecified atom stereocenters. The van der Waals surface area contributed by atoms with Gasteiger partial charge in [-0.25, -0.2) is 0 Å². The maximum absolute atomic E-state index is 12.3. The van der Waals surface area contributed by atoms with Crippen molar-refractivity contribution in [1.82, 2.24) is 4.90 Å². The first-order chi connectivity index (χ1) is 7.76. The van der Waals surface area contributed by atoms with Crippen LogP contribution in [0.4, 0.5) is 13.2 Å². The number of alkyl halides is 3. The summed E-state index contributed by atoms with van der Waals surface area (Å²) in [6, 6.07) is 0. The molecule has 0 aromatic carbocycles. The number of halogens is 3. The molecule has 1 aliphatic rings. The summed E-state index contributed by atoms with van der Waals surface area (Å²) in [5, 5.41) is 0. The summed E-state index contributed by atoms with van der Waals surface area (Å²) in [6.45, 7) is 2.29. The van der Waals surface area contributed by atoms with Crippen molar-refractivity contribution in [3.63, 3.8) is 0 Å². The van der Waals surface area contributed by atoms with E-state index in [4.69, 9.17) is 5.73 Å². The van der Waals surface area contributed by atoms with Gasteiger partial charge in [-0.15, -0.1) is 0 Å². The monoisotopic (exact) mass is 252 g/mol. The predicted molar refractivity (Wildman–Crippen MR) is 62.7 cm³/mol. The van der Waals surface area contributed by atoms with E-state index in [2.05, 4.69) is 6.92 Å². The van der Waals surface area contributed by atoms with Crippen molar-refractivity contribution < 1.29 is 13.2 Å². The molecule has 0 saturated heterocycles. The minimum atomic E-state index is -4.12. The van der Waals surface area contributed by atoms with Gasteiger partial charge in [0.25, 0.3) is 0 Å². The molecule has 2 N–H and O–H groups in total. The van der Waals surface area contributed by atoms with Crippen LogP contribution in [0.3, 0.4) is 0 Å². The molecule has 1 rings (SSSR count). The summed E-state index contributed by atoms with van der Waals surface area (Å²) in [7, 11) is 1.53. The van der Waals surface area contributed by atoms with Crippen molar-refractivity contribution in [2.24, 2.45) is 17.1 Å². The molecule has 1 saturated carbocycles. The molecule has 0 aromatic heterocycles. The molecular formula is C12H23F3N2. The van der Waals surface area contributed by atoms with Gasteiger partial charge in [-0.2, -0.15) is 13.2 Å². The van der Waals surface area contributed by atoms with E-state index >= 15 is 0 Å². The van der Waals surface area contributed by atoms with Crippen molar-refractivity contribution in [3.05, 3.63) is 0 Å². The van der Waals surface area contributed by atoms with Crippen LogP contribution < -0.4 is 5.73 Å². The molecule has 0 aromatic rings. The molecule has 0 bridgehead atoms. The van der Waals surface area contributed by atoms with Gasteiger partial charge in [0, 0.05) is 6.54 Å². The second kappa shape index (κ2) is 5.57. The van der Waals surface area contributed by atoms with Crippen LogP contribution in [0.25, 0.3) is 0 Å². The smallest absolute Gasteiger partial charge is 0.330 e. The van der Waals surface area contributed by atoms with E-state index in [0.29, 0.717) is 19.0 Å². The summed E-state index contributed by atoms with van der Waals surface area (Å²) < 4.78 is 36.8. The third-order valence-electron chi connectivity index (χ3n) is 3.82. The van der Waals surface area contributed by atoms with Crippen molar-refractivity contribution in [2.45, 2.75) is 38.8 Å². The van der Waals surface area contributed by atoms with Crippen LogP contribution in [0, 0.1) is 11.3 Å². The summed E-state index contributed by atoms with van der Waals surface area (Å²) >= 11 is 0. The average Bonchev–Trinajstić information content (AvgIpc) is 2.19. The SMILES string of the molecule is CC1CCC(CN)(CN(C)CC(F)(F)F)CC1.